The van der Waals surface area contributed by atoms with Gasteiger partial charge >= 0.3 is 0 Å². The number of rotatable bonds is 7. The Labute approximate surface area is 84.4 Å². The van der Waals surface area contributed by atoms with Crippen molar-refractivity contribution in [2.45, 2.75) is 38.3 Å². The second kappa shape index (κ2) is 6.57. The van der Waals surface area contributed by atoms with Crippen LogP contribution in [-0.4, -0.2) is 36.2 Å². The van der Waals surface area contributed by atoms with Gasteiger partial charge in [0, 0.05) is 29.4 Å². The first-order chi connectivity index (χ1) is 6.38. The Bertz CT molecular complexity index is 126. The van der Waals surface area contributed by atoms with Gasteiger partial charge in [0.1, 0.15) is 0 Å². The summed E-state index contributed by atoms with van der Waals surface area (Å²) in [6.45, 7) is 5.02. The maximum atomic E-state index is 5.63. The van der Waals surface area contributed by atoms with Gasteiger partial charge in [0.05, 0.1) is 12.7 Å². The van der Waals surface area contributed by atoms with E-state index in [4.69, 9.17) is 9.47 Å². The molecule has 1 fully saturated rings. The van der Waals surface area contributed by atoms with Gasteiger partial charge in [-0.15, -0.1) is 0 Å². The third kappa shape index (κ3) is 3.79. The Kier molecular flexibility index (Phi) is 5.67. The Hall–Kier alpha value is 0.137. The first kappa shape index (κ1) is 11.2. The van der Waals surface area contributed by atoms with Crippen LogP contribution in [0.2, 0.25) is 6.04 Å². The monoisotopic (exact) mass is 202 g/mol. The van der Waals surface area contributed by atoms with Crippen LogP contribution >= 0.6 is 0 Å². The van der Waals surface area contributed by atoms with Gasteiger partial charge in [-0.25, -0.2) is 0 Å². The zero-order valence-electron chi connectivity index (χ0n) is 8.92. The maximum Gasteiger partial charge on any atom is 0.0644 e. The summed E-state index contributed by atoms with van der Waals surface area (Å²) in [5.41, 5.74) is 0. The van der Waals surface area contributed by atoms with Crippen LogP contribution in [0.1, 0.15) is 26.2 Å². The molecule has 0 radical (unpaired) electrons. The molecule has 1 saturated heterocycles. The van der Waals surface area contributed by atoms with Gasteiger partial charge in [-0.05, 0) is 12.8 Å². The van der Waals surface area contributed by atoms with E-state index in [-0.39, 0.29) is 0 Å². The molecule has 0 N–H and O–H groups in total. The summed E-state index contributed by atoms with van der Waals surface area (Å²) < 4.78 is 11.1. The van der Waals surface area contributed by atoms with Crippen molar-refractivity contribution in [1.29, 1.82) is 0 Å². The lowest BCUT2D eigenvalue weighted by atomic mass is 9.99. The molecular formula is C10H22O2Si. The topological polar surface area (TPSA) is 18.5 Å². The first-order valence-corrected chi connectivity index (χ1v) is 6.99. The molecule has 13 heavy (non-hydrogen) atoms. The molecule has 1 rings (SSSR count). The van der Waals surface area contributed by atoms with Crippen molar-refractivity contribution in [2.75, 3.05) is 19.8 Å². The summed E-state index contributed by atoms with van der Waals surface area (Å²) in [5, 5.41) is 0. The lowest BCUT2D eigenvalue weighted by Crippen LogP contribution is -2.36. The predicted octanol–water partition coefficient (Wildman–Crippen LogP) is 0.992. The molecule has 2 unspecified atom stereocenters. The molecule has 1 heterocycles. The SMILES string of the molecule is CCCCOCC(C[SiH3])C1CCO1. The largest absolute Gasteiger partial charge is 0.381 e. The molecule has 0 aromatic heterocycles. The lowest BCUT2D eigenvalue weighted by molar-refractivity contribution is -0.0969. The molecule has 78 valence electrons. The normalized spacial score (nSPS) is 24.2. The summed E-state index contributed by atoms with van der Waals surface area (Å²) in [5.74, 6) is 0.692. The fourth-order valence-electron chi connectivity index (χ4n) is 1.59. The number of hydrogen-bond acceptors (Lipinski definition) is 2. The Morgan fingerprint density at radius 1 is 1.62 bits per heavy atom. The average molecular weight is 202 g/mol. The van der Waals surface area contributed by atoms with Gasteiger partial charge in [-0.3, -0.25) is 0 Å². The van der Waals surface area contributed by atoms with Gasteiger partial charge in [-0.1, -0.05) is 19.4 Å². The first-order valence-electron chi connectivity index (χ1n) is 5.57. The smallest absolute Gasteiger partial charge is 0.0644 e. The van der Waals surface area contributed by atoms with E-state index < -0.39 is 0 Å². The molecule has 2 atom stereocenters. The van der Waals surface area contributed by atoms with Crippen LogP contribution in [-0.2, 0) is 9.47 Å². The molecule has 0 aromatic rings. The molecule has 1 aliphatic rings. The van der Waals surface area contributed by atoms with Gasteiger partial charge < -0.3 is 9.47 Å². The van der Waals surface area contributed by atoms with E-state index in [1.54, 1.807) is 0 Å². The molecule has 3 heteroatoms. The van der Waals surface area contributed by atoms with E-state index in [1.165, 1.54) is 35.5 Å². The van der Waals surface area contributed by atoms with Gasteiger partial charge in [-0.2, -0.15) is 0 Å². The van der Waals surface area contributed by atoms with Crippen molar-refractivity contribution in [1.82, 2.24) is 0 Å². The minimum atomic E-state index is 0.527. The van der Waals surface area contributed by atoms with E-state index >= 15 is 0 Å². The third-order valence-corrected chi connectivity index (χ3v) is 3.81. The highest BCUT2D eigenvalue weighted by atomic mass is 28.1. The zero-order valence-corrected chi connectivity index (χ0v) is 10.9. The van der Waals surface area contributed by atoms with Crippen LogP contribution < -0.4 is 0 Å². The molecule has 0 bridgehead atoms. The second-order valence-corrected chi connectivity index (χ2v) is 4.61. The number of ether oxygens (including phenoxy) is 2. The van der Waals surface area contributed by atoms with Crippen LogP contribution in [0, 0.1) is 5.92 Å². The summed E-state index contributed by atoms with van der Waals surface area (Å²) >= 11 is 0. The molecule has 2 nitrogen and oxygen atoms in total. The summed E-state index contributed by atoms with van der Waals surface area (Å²) in [6.07, 6.45) is 4.20. The van der Waals surface area contributed by atoms with Gasteiger partial charge in [0.15, 0.2) is 0 Å². The maximum absolute atomic E-state index is 5.63. The van der Waals surface area contributed by atoms with E-state index in [0.29, 0.717) is 12.0 Å². The highest BCUT2D eigenvalue weighted by Crippen LogP contribution is 2.23. The summed E-state index contributed by atoms with van der Waals surface area (Å²) in [7, 11) is 1.27. The highest BCUT2D eigenvalue weighted by molar-refractivity contribution is 6.08. The predicted molar refractivity (Wildman–Crippen MR) is 58.3 cm³/mol. The van der Waals surface area contributed by atoms with Crippen molar-refractivity contribution in [2.24, 2.45) is 5.92 Å². The molecular weight excluding hydrogens is 180 g/mol. The van der Waals surface area contributed by atoms with Crippen molar-refractivity contribution in [3.63, 3.8) is 0 Å². The standard InChI is InChI=1S/C10H22O2Si/c1-2-3-5-11-7-9(8-13)10-4-6-12-10/h9-10H,2-8H2,1,13H3. The minimum absolute atomic E-state index is 0.527. The van der Waals surface area contributed by atoms with E-state index in [0.717, 1.165) is 19.8 Å². The quantitative estimate of drug-likeness (QED) is 0.453. The Morgan fingerprint density at radius 2 is 2.38 bits per heavy atom. The third-order valence-electron chi connectivity index (χ3n) is 2.76. The van der Waals surface area contributed by atoms with E-state index in [9.17, 15) is 0 Å². The van der Waals surface area contributed by atoms with Crippen LogP contribution in [0.25, 0.3) is 0 Å². The van der Waals surface area contributed by atoms with Gasteiger partial charge in [0.25, 0.3) is 0 Å². The minimum Gasteiger partial charge on any atom is -0.381 e. The van der Waals surface area contributed by atoms with Crippen LogP contribution in [0.4, 0.5) is 0 Å². The molecule has 0 aromatic carbocycles. The van der Waals surface area contributed by atoms with Crippen LogP contribution in [0.15, 0.2) is 0 Å². The van der Waals surface area contributed by atoms with Crippen molar-refractivity contribution >= 4 is 10.2 Å². The van der Waals surface area contributed by atoms with Crippen LogP contribution in [0.5, 0.6) is 0 Å². The zero-order chi connectivity index (χ0) is 9.52. The Balaban J connectivity index is 2.02. The second-order valence-electron chi connectivity index (χ2n) is 3.79. The fourth-order valence-corrected chi connectivity index (χ4v) is 2.36. The fraction of sp³-hybridized carbons (Fsp3) is 1.00. The highest BCUT2D eigenvalue weighted by Gasteiger charge is 2.26. The number of hydrogen-bond donors (Lipinski definition) is 0. The lowest BCUT2D eigenvalue weighted by Gasteiger charge is -2.33. The van der Waals surface area contributed by atoms with Crippen molar-refractivity contribution in [3.8, 4) is 0 Å². The van der Waals surface area contributed by atoms with E-state index in [1.807, 2.05) is 0 Å². The molecule has 0 amide bonds. The molecule has 0 aliphatic carbocycles. The molecule has 1 aliphatic heterocycles. The van der Waals surface area contributed by atoms with Gasteiger partial charge in [0.2, 0.25) is 0 Å². The summed E-state index contributed by atoms with van der Waals surface area (Å²) in [6, 6.07) is 1.32. The Morgan fingerprint density at radius 3 is 2.85 bits per heavy atom. The molecule has 0 saturated carbocycles. The summed E-state index contributed by atoms with van der Waals surface area (Å²) in [4.78, 5) is 0. The van der Waals surface area contributed by atoms with Crippen LogP contribution in [0.3, 0.4) is 0 Å². The van der Waals surface area contributed by atoms with Crippen molar-refractivity contribution < 1.29 is 9.47 Å². The molecule has 0 spiro atoms. The van der Waals surface area contributed by atoms with Crippen molar-refractivity contribution in [3.05, 3.63) is 0 Å². The average Bonchev–Trinajstić information content (AvgIpc) is 2.07. The number of unbranched alkanes of at least 4 members (excludes halogenated alkanes) is 1. The van der Waals surface area contributed by atoms with E-state index in [2.05, 4.69) is 6.92 Å².